The van der Waals surface area contributed by atoms with Gasteiger partial charge in [-0.3, -0.25) is 9.59 Å². The van der Waals surface area contributed by atoms with Gasteiger partial charge in [0.2, 0.25) is 5.91 Å². The zero-order valence-electron chi connectivity index (χ0n) is 12.6. The van der Waals surface area contributed by atoms with Gasteiger partial charge < -0.3 is 10.4 Å². The van der Waals surface area contributed by atoms with E-state index in [2.05, 4.69) is 15.6 Å². The van der Waals surface area contributed by atoms with Gasteiger partial charge in [0.05, 0.1) is 11.7 Å². The lowest BCUT2D eigenvalue weighted by atomic mass is 10.0. The van der Waals surface area contributed by atoms with Crippen LogP contribution in [0.4, 0.5) is 0 Å². The van der Waals surface area contributed by atoms with Crippen LogP contribution in [0.5, 0.6) is 0 Å². The van der Waals surface area contributed by atoms with Crippen LogP contribution in [-0.4, -0.2) is 43.8 Å². The molecule has 1 amide bonds. The zero-order valence-corrected chi connectivity index (χ0v) is 12.6. The molecule has 0 saturated carbocycles. The molecular formula is C13H20N4O4. The van der Waals surface area contributed by atoms with Crippen molar-refractivity contribution < 1.29 is 19.5 Å². The van der Waals surface area contributed by atoms with Gasteiger partial charge in [-0.1, -0.05) is 26.0 Å². The molecule has 0 fully saturated rings. The maximum atomic E-state index is 12.0. The largest absolute Gasteiger partial charge is 0.476 e. The number of Topliss-reactive ketones (excluding diaryl/α,β-unsaturated/α-hetero) is 1. The summed E-state index contributed by atoms with van der Waals surface area (Å²) in [6.45, 7) is 6.68. The number of hydrogen-bond acceptors (Lipinski definition) is 5. The molecule has 116 valence electrons. The lowest BCUT2D eigenvalue weighted by Crippen LogP contribution is -2.44. The molecule has 1 heterocycles. The van der Waals surface area contributed by atoms with E-state index in [1.807, 2.05) is 13.8 Å². The maximum Gasteiger partial charge on any atom is 0.358 e. The van der Waals surface area contributed by atoms with Crippen LogP contribution in [0.15, 0.2) is 0 Å². The maximum absolute atomic E-state index is 12.0. The molecule has 0 aliphatic heterocycles. The monoisotopic (exact) mass is 296 g/mol. The second-order valence-corrected chi connectivity index (χ2v) is 5.10. The zero-order chi connectivity index (χ0) is 16.2. The van der Waals surface area contributed by atoms with Gasteiger partial charge in [-0.05, 0) is 19.3 Å². The second-order valence-electron chi connectivity index (χ2n) is 5.10. The van der Waals surface area contributed by atoms with Gasteiger partial charge in [0.25, 0.3) is 0 Å². The van der Waals surface area contributed by atoms with Crippen molar-refractivity contribution >= 4 is 17.7 Å². The Labute approximate surface area is 122 Å². The molecule has 21 heavy (non-hydrogen) atoms. The number of nitrogens with zero attached hydrogens (tertiary/aromatic N) is 3. The van der Waals surface area contributed by atoms with Crippen molar-refractivity contribution in [2.24, 2.45) is 5.92 Å². The number of carbonyl (C=O) groups excluding carboxylic acids is 2. The Bertz CT molecular complexity index is 550. The standard InChI is InChI=1S/C13H20N4O4/c1-5-9-12(13(20)21)15-16-17(9)6-10(19)14-11(7(2)3)8(4)18/h7,11H,5-6H2,1-4H3,(H,14,19)(H,20,21). The van der Waals surface area contributed by atoms with Gasteiger partial charge in [-0.2, -0.15) is 0 Å². The van der Waals surface area contributed by atoms with E-state index in [0.29, 0.717) is 12.1 Å². The van der Waals surface area contributed by atoms with E-state index in [1.54, 1.807) is 6.92 Å². The molecule has 0 bridgehead atoms. The Morgan fingerprint density at radius 1 is 1.33 bits per heavy atom. The number of aromatic nitrogens is 3. The first-order chi connectivity index (χ1) is 9.77. The predicted octanol–water partition coefficient (Wildman–Crippen LogP) is 0.268. The number of hydrogen-bond donors (Lipinski definition) is 2. The Morgan fingerprint density at radius 2 is 1.95 bits per heavy atom. The highest BCUT2D eigenvalue weighted by molar-refractivity contribution is 5.88. The fourth-order valence-electron chi connectivity index (χ4n) is 2.07. The van der Waals surface area contributed by atoms with Crippen LogP contribution >= 0.6 is 0 Å². The highest BCUT2D eigenvalue weighted by Crippen LogP contribution is 2.07. The van der Waals surface area contributed by atoms with Gasteiger partial charge in [0, 0.05) is 0 Å². The first-order valence-electron chi connectivity index (χ1n) is 6.73. The fraction of sp³-hybridized carbons (Fsp3) is 0.615. The molecule has 8 heteroatoms. The van der Waals surface area contributed by atoms with E-state index in [0.717, 1.165) is 0 Å². The van der Waals surface area contributed by atoms with Crippen LogP contribution in [0.3, 0.4) is 0 Å². The van der Waals surface area contributed by atoms with E-state index in [-0.39, 0.29) is 23.9 Å². The fourth-order valence-corrected chi connectivity index (χ4v) is 2.07. The molecule has 1 aromatic rings. The van der Waals surface area contributed by atoms with Crippen molar-refractivity contribution in [3.05, 3.63) is 11.4 Å². The van der Waals surface area contributed by atoms with E-state index < -0.39 is 17.9 Å². The summed E-state index contributed by atoms with van der Waals surface area (Å²) < 4.78 is 1.25. The topological polar surface area (TPSA) is 114 Å². The highest BCUT2D eigenvalue weighted by atomic mass is 16.4. The van der Waals surface area contributed by atoms with Crippen molar-refractivity contribution in [3.8, 4) is 0 Å². The van der Waals surface area contributed by atoms with Gasteiger partial charge in [0.1, 0.15) is 6.54 Å². The third-order valence-electron chi connectivity index (χ3n) is 3.09. The molecule has 0 spiro atoms. The van der Waals surface area contributed by atoms with E-state index in [9.17, 15) is 14.4 Å². The summed E-state index contributed by atoms with van der Waals surface area (Å²) in [5.74, 6) is -1.73. The van der Waals surface area contributed by atoms with Crippen LogP contribution in [-0.2, 0) is 22.6 Å². The van der Waals surface area contributed by atoms with Crippen LogP contribution < -0.4 is 5.32 Å². The average molecular weight is 296 g/mol. The third kappa shape index (κ3) is 4.11. The third-order valence-corrected chi connectivity index (χ3v) is 3.09. The Balaban J connectivity index is 2.84. The van der Waals surface area contributed by atoms with Crippen LogP contribution in [0.25, 0.3) is 0 Å². The summed E-state index contributed by atoms with van der Waals surface area (Å²) in [7, 11) is 0. The number of amides is 1. The Morgan fingerprint density at radius 3 is 2.38 bits per heavy atom. The minimum Gasteiger partial charge on any atom is -0.476 e. The molecule has 0 aliphatic rings. The van der Waals surface area contributed by atoms with Crippen molar-refractivity contribution in [2.75, 3.05) is 0 Å². The summed E-state index contributed by atoms with van der Waals surface area (Å²) in [4.78, 5) is 34.4. The summed E-state index contributed by atoms with van der Waals surface area (Å²) >= 11 is 0. The van der Waals surface area contributed by atoms with E-state index in [1.165, 1.54) is 11.6 Å². The Hall–Kier alpha value is -2.25. The van der Waals surface area contributed by atoms with Crippen molar-refractivity contribution in [2.45, 2.75) is 46.7 Å². The summed E-state index contributed by atoms with van der Waals surface area (Å²) in [5, 5.41) is 18.8. The normalized spacial score (nSPS) is 12.2. The number of ketones is 1. The first-order valence-corrected chi connectivity index (χ1v) is 6.73. The first kappa shape index (κ1) is 16.8. The molecule has 1 rings (SSSR count). The molecule has 8 nitrogen and oxygen atoms in total. The van der Waals surface area contributed by atoms with E-state index >= 15 is 0 Å². The van der Waals surface area contributed by atoms with Crippen LogP contribution in [0.1, 0.15) is 43.9 Å². The lowest BCUT2D eigenvalue weighted by molar-refractivity contribution is -0.128. The summed E-state index contributed by atoms with van der Waals surface area (Å²) in [5.41, 5.74) is 0.221. The predicted molar refractivity (Wildman–Crippen MR) is 73.8 cm³/mol. The quantitative estimate of drug-likeness (QED) is 0.746. The van der Waals surface area contributed by atoms with Gasteiger partial charge in [-0.15, -0.1) is 5.10 Å². The molecule has 1 unspecified atom stereocenters. The number of aromatic carboxylic acids is 1. The molecule has 1 aromatic heterocycles. The molecule has 0 aliphatic carbocycles. The van der Waals surface area contributed by atoms with Crippen molar-refractivity contribution in [1.82, 2.24) is 20.3 Å². The number of rotatable bonds is 7. The SMILES string of the molecule is CCc1c(C(=O)O)nnn1CC(=O)NC(C(C)=O)C(C)C. The van der Waals surface area contributed by atoms with Gasteiger partial charge in [-0.25, -0.2) is 9.48 Å². The molecule has 0 radical (unpaired) electrons. The van der Waals surface area contributed by atoms with Crippen molar-refractivity contribution in [3.63, 3.8) is 0 Å². The minimum absolute atomic E-state index is 0.0255. The molecular weight excluding hydrogens is 276 g/mol. The average Bonchev–Trinajstić information content (AvgIpc) is 2.77. The molecule has 0 saturated heterocycles. The molecule has 1 atom stereocenters. The minimum atomic E-state index is -1.18. The van der Waals surface area contributed by atoms with Crippen molar-refractivity contribution in [1.29, 1.82) is 0 Å². The van der Waals surface area contributed by atoms with E-state index in [4.69, 9.17) is 5.11 Å². The number of carbonyl (C=O) groups is 3. The molecule has 0 aromatic carbocycles. The highest BCUT2D eigenvalue weighted by Gasteiger charge is 2.23. The molecule has 2 N–H and O–H groups in total. The van der Waals surface area contributed by atoms with Gasteiger partial charge in [0.15, 0.2) is 11.5 Å². The second kappa shape index (κ2) is 6.96. The van der Waals surface area contributed by atoms with Gasteiger partial charge >= 0.3 is 5.97 Å². The summed E-state index contributed by atoms with van der Waals surface area (Å²) in [6, 6.07) is -0.565. The Kier molecular flexibility index (Phi) is 5.57. The van der Waals surface area contributed by atoms with Crippen LogP contribution in [0, 0.1) is 5.92 Å². The number of carboxylic acids is 1. The summed E-state index contributed by atoms with van der Waals surface area (Å²) in [6.07, 6.45) is 0.391. The number of carboxylic acid groups (broad SMARTS) is 1. The lowest BCUT2D eigenvalue weighted by Gasteiger charge is -2.19. The smallest absolute Gasteiger partial charge is 0.358 e. The van der Waals surface area contributed by atoms with Crippen LogP contribution in [0.2, 0.25) is 0 Å². The number of nitrogens with one attached hydrogen (secondary N) is 1.